The molecule has 2 atom stereocenters. The van der Waals surface area contributed by atoms with E-state index in [4.69, 9.17) is 4.74 Å². The lowest BCUT2D eigenvalue weighted by molar-refractivity contribution is 0.0433. The number of nitrogens with one attached hydrogen (secondary N) is 1. The molecule has 1 fully saturated rings. The smallest absolute Gasteiger partial charge is 0.408 e. The molecule has 0 saturated carbocycles. The Morgan fingerprint density at radius 1 is 1.47 bits per heavy atom. The van der Waals surface area contributed by atoms with Crippen molar-refractivity contribution in [3.63, 3.8) is 0 Å². The van der Waals surface area contributed by atoms with E-state index in [1.54, 1.807) is 0 Å². The zero-order chi connectivity index (χ0) is 11.6. The molecule has 2 aliphatic heterocycles. The second-order valence-electron chi connectivity index (χ2n) is 4.90. The van der Waals surface area contributed by atoms with E-state index in [9.17, 15) is 4.79 Å². The van der Waals surface area contributed by atoms with Crippen LogP contribution in [0.15, 0.2) is 30.5 Å². The molecule has 0 radical (unpaired) electrons. The molecule has 1 saturated heterocycles. The molecule has 0 aliphatic carbocycles. The number of hydrogen-bond acceptors (Lipinski definition) is 2. The summed E-state index contributed by atoms with van der Waals surface area (Å²) >= 11 is 0. The predicted octanol–water partition coefficient (Wildman–Crippen LogP) is 1.98. The fourth-order valence-corrected chi connectivity index (χ4v) is 3.05. The number of hydrogen-bond donors (Lipinski definition) is 1. The highest BCUT2D eigenvalue weighted by atomic mass is 16.6. The summed E-state index contributed by atoms with van der Waals surface area (Å²) in [5.74, 6) is 0. The number of aromatic nitrogens is 1. The molecule has 1 amide bonds. The lowest BCUT2D eigenvalue weighted by Gasteiger charge is -2.34. The summed E-state index contributed by atoms with van der Waals surface area (Å²) in [6, 6.07) is 8.27. The molecular weight excluding hydrogens is 216 g/mol. The lowest BCUT2D eigenvalue weighted by Crippen LogP contribution is -2.44. The van der Waals surface area contributed by atoms with Gasteiger partial charge in [-0.05, 0) is 13.0 Å². The summed E-state index contributed by atoms with van der Waals surface area (Å²) in [4.78, 5) is 11.5. The molecule has 1 aromatic carbocycles. The summed E-state index contributed by atoms with van der Waals surface area (Å²) in [6.07, 6.45) is 1.75. The van der Waals surface area contributed by atoms with E-state index in [0.717, 1.165) is 12.1 Å². The van der Waals surface area contributed by atoms with Crippen LogP contribution in [0.4, 0.5) is 4.79 Å². The molecule has 4 nitrogen and oxygen atoms in total. The highest BCUT2D eigenvalue weighted by Crippen LogP contribution is 2.41. The SMILES string of the molecule is CC12OC(=O)N[C@@H]1Cn1ccc3cccc2c31. The van der Waals surface area contributed by atoms with Crippen molar-refractivity contribution in [1.82, 2.24) is 9.88 Å². The fourth-order valence-electron chi connectivity index (χ4n) is 3.05. The zero-order valence-electron chi connectivity index (χ0n) is 9.43. The molecule has 1 aromatic heterocycles. The zero-order valence-corrected chi connectivity index (χ0v) is 9.43. The van der Waals surface area contributed by atoms with Gasteiger partial charge in [0.1, 0.15) is 0 Å². The number of carbonyl (C=O) groups excluding carboxylic acids is 1. The molecule has 3 heterocycles. The van der Waals surface area contributed by atoms with Crippen LogP contribution < -0.4 is 5.32 Å². The third kappa shape index (κ3) is 0.958. The Kier molecular flexibility index (Phi) is 1.41. The Bertz CT molecular complexity index is 646. The average molecular weight is 228 g/mol. The minimum absolute atomic E-state index is 0.0144. The minimum Gasteiger partial charge on any atom is -0.436 e. The molecule has 86 valence electrons. The molecule has 2 aromatic rings. The standard InChI is InChI=1S/C13H12N2O2/c1-13-9-4-2-3-8-5-6-15(11(8)9)7-10(13)14-12(16)17-13/h2-6,10H,7H2,1H3,(H,14,16)/t10-,13?/m1/s1. The fraction of sp³-hybridized carbons (Fsp3) is 0.308. The molecule has 4 heteroatoms. The molecule has 1 N–H and O–H groups in total. The van der Waals surface area contributed by atoms with Gasteiger partial charge in [-0.2, -0.15) is 0 Å². The van der Waals surface area contributed by atoms with Crippen molar-refractivity contribution in [2.45, 2.75) is 25.1 Å². The van der Waals surface area contributed by atoms with Gasteiger partial charge in [0.25, 0.3) is 0 Å². The molecule has 17 heavy (non-hydrogen) atoms. The monoisotopic (exact) mass is 228 g/mol. The molecule has 0 spiro atoms. The van der Waals surface area contributed by atoms with E-state index < -0.39 is 5.60 Å². The van der Waals surface area contributed by atoms with Crippen molar-refractivity contribution in [3.8, 4) is 0 Å². The third-order valence-electron chi connectivity index (χ3n) is 3.96. The van der Waals surface area contributed by atoms with E-state index in [0.29, 0.717) is 0 Å². The number of alkyl carbamates (subject to hydrolysis) is 1. The predicted molar refractivity (Wildman–Crippen MR) is 62.7 cm³/mol. The Hall–Kier alpha value is -1.97. The van der Waals surface area contributed by atoms with Gasteiger partial charge in [-0.1, -0.05) is 18.2 Å². The molecular formula is C13H12N2O2. The second kappa shape index (κ2) is 2.64. The van der Waals surface area contributed by atoms with Gasteiger partial charge >= 0.3 is 6.09 Å². The normalized spacial score (nSPS) is 29.9. The summed E-state index contributed by atoms with van der Waals surface area (Å²) in [5, 5.41) is 4.09. The van der Waals surface area contributed by atoms with Gasteiger partial charge in [0.2, 0.25) is 0 Å². The van der Waals surface area contributed by atoms with E-state index in [2.05, 4.69) is 28.2 Å². The first-order chi connectivity index (χ1) is 8.18. The maximum Gasteiger partial charge on any atom is 0.408 e. The van der Waals surface area contributed by atoms with E-state index in [1.165, 1.54) is 10.9 Å². The highest BCUT2D eigenvalue weighted by molar-refractivity contribution is 5.86. The Labute approximate surface area is 98.2 Å². The number of fused-ring (bicyclic) bond motifs is 2. The van der Waals surface area contributed by atoms with Gasteiger partial charge in [0.15, 0.2) is 5.60 Å². The Morgan fingerprint density at radius 3 is 3.24 bits per heavy atom. The van der Waals surface area contributed by atoms with Gasteiger partial charge in [-0.3, -0.25) is 0 Å². The maximum atomic E-state index is 11.5. The summed E-state index contributed by atoms with van der Waals surface area (Å²) in [5.41, 5.74) is 1.74. The third-order valence-corrected chi connectivity index (χ3v) is 3.96. The first-order valence-electron chi connectivity index (χ1n) is 5.76. The summed E-state index contributed by atoms with van der Waals surface area (Å²) in [7, 11) is 0. The van der Waals surface area contributed by atoms with Crippen LogP contribution in [0, 0.1) is 0 Å². The number of rotatable bonds is 0. The van der Waals surface area contributed by atoms with Crippen LogP contribution in [0.3, 0.4) is 0 Å². The van der Waals surface area contributed by atoms with E-state index >= 15 is 0 Å². The first kappa shape index (κ1) is 9.10. The van der Waals surface area contributed by atoms with Gasteiger partial charge in [0, 0.05) is 23.7 Å². The minimum atomic E-state index is -0.537. The van der Waals surface area contributed by atoms with Crippen LogP contribution in [0.2, 0.25) is 0 Å². The Morgan fingerprint density at radius 2 is 2.35 bits per heavy atom. The highest BCUT2D eigenvalue weighted by Gasteiger charge is 2.50. The van der Waals surface area contributed by atoms with Crippen molar-refractivity contribution in [3.05, 3.63) is 36.0 Å². The topological polar surface area (TPSA) is 43.3 Å². The van der Waals surface area contributed by atoms with Gasteiger partial charge in [-0.15, -0.1) is 0 Å². The molecule has 0 bridgehead atoms. The van der Waals surface area contributed by atoms with Crippen molar-refractivity contribution in [2.24, 2.45) is 0 Å². The number of amides is 1. The molecule has 1 unspecified atom stereocenters. The quantitative estimate of drug-likeness (QED) is 0.749. The van der Waals surface area contributed by atoms with Gasteiger partial charge < -0.3 is 14.6 Å². The van der Waals surface area contributed by atoms with Crippen LogP contribution in [0.5, 0.6) is 0 Å². The van der Waals surface area contributed by atoms with Gasteiger partial charge in [0.05, 0.1) is 11.6 Å². The number of para-hydroxylation sites is 1. The molecule has 2 aliphatic rings. The number of benzene rings is 1. The van der Waals surface area contributed by atoms with Crippen molar-refractivity contribution >= 4 is 17.0 Å². The van der Waals surface area contributed by atoms with Crippen LogP contribution in [-0.2, 0) is 16.9 Å². The van der Waals surface area contributed by atoms with Crippen molar-refractivity contribution in [1.29, 1.82) is 0 Å². The average Bonchev–Trinajstić information content (AvgIpc) is 2.82. The van der Waals surface area contributed by atoms with Crippen LogP contribution >= 0.6 is 0 Å². The lowest BCUT2D eigenvalue weighted by atomic mass is 9.85. The van der Waals surface area contributed by atoms with Crippen molar-refractivity contribution in [2.75, 3.05) is 0 Å². The van der Waals surface area contributed by atoms with Gasteiger partial charge in [-0.25, -0.2) is 4.79 Å². The van der Waals surface area contributed by atoms with Crippen LogP contribution in [0.1, 0.15) is 12.5 Å². The number of ether oxygens (including phenoxy) is 1. The van der Waals surface area contributed by atoms with Crippen LogP contribution in [-0.4, -0.2) is 16.7 Å². The largest absolute Gasteiger partial charge is 0.436 e. The summed E-state index contributed by atoms with van der Waals surface area (Å²) in [6.45, 7) is 2.75. The molecule has 4 rings (SSSR count). The van der Waals surface area contributed by atoms with E-state index in [-0.39, 0.29) is 12.1 Å². The maximum absolute atomic E-state index is 11.5. The van der Waals surface area contributed by atoms with E-state index in [1.807, 2.05) is 19.1 Å². The van der Waals surface area contributed by atoms with Crippen molar-refractivity contribution < 1.29 is 9.53 Å². The first-order valence-corrected chi connectivity index (χ1v) is 5.76. The second-order valence-corrected chi connectivity index (χ2v) is 4.90. The number of carbonyl (C=O) groups is 1. The summed E-state index contributed by atoms with van der Waals surface area (Å²) < 4.78 is 7.69. The number of nitrogens with zero attached hydrogens (tertiary/aromatic N) is 1. The van der Waals surface area contributed by atoms with Crippen LogP contribution in [0.25, 0.3) is 10.9 Å². The Balaban J connectivity index is 2.08.